The molecule has 1 N–H and O–H groups in total. The highest BCUT2D eigenvalue weighted by atomic mass is 32.2. The lowest BCUT2D eigenvalue weighted by molar-refractivity contribution is -0.115. The third-order valence-corrected chi connectivity index (χ3v) is 5.29. The first-order valence-corrected chi connectivity index (χ1v) is 9.19. The van der Waals surface area contributed by atoms with E-state index in [1.165, 1.54) is 11.8 Å². The Kier molecular flexibility index (Phi) is 5.37. The molecule has 0 fully saturated rings. The van der Waals surface area contributed by atoms with Crippen LogP contribution in [0.4, 0.5) is 5.69 Å². The summed E-state index contributed by atoms with van der Waals surface area (Å²) >= 11 is 1.39. The zero-order valence-electron chi connectivity index (χ0n) is 15.2. The summed E-state index contributed by atoms with van der Waals surface area (Å²) in [5.74, 6) is 0.693. The lowest BCUT2D eigenvalue weighted by atomic mass is 10.1. The summed E-state index contributed by atoms with van der Waals surface area (Å²) in [5.41, 5.74) is 3.92. The molecular formula is C19H21N5OS. The minimum absolute atomic E-state index is 0.0548. The van der Waals surface area contributed by atoms with Gasteiger partial charge in [0.05, 0.1) is 5.25 Å². The standard InChI is InChI=1S/C19H21N5OS/c1-12-6-5-7-13(2)16(12)21-18(25)14(3)26-19-23-22-17(24(19)4)15-8-10-20-11-9-15/h5-11,14H,1-4H3,(H,21,25)/t14-/m1/s1. The third kappa shape index (κ3) is 3.77. The molecule has 0 aliphatic rings. The molecule has 0 radical (unpaired) electrons. The van der Waals surface area contributed by atoms with Gasteiger partial charge < -0.3 is 9.88 Å². The molecule has 134 valence electrons. The maximum Gasteiger partial charge on any atom is 0.237 e. The first-order chi connectivity index (χ1) is 12.5. The lowest BCUT2D eigenvalue weighted by Gasteiger charge is -2.15. The van der Waals surface area contributed by atoms with Gasteiger partial charge in [-0.3, -0.25) is 9.78 Å². The van der Waals surface area contributed by atoms with Crippen molar-refractivity contribution in [1.29, 1.82) is 0 Å². The maximum absolute atomic E-state index is 12.6. The number of thioether (sulfide) groups is 1. The number of hydrogen-bond acceptors (Lipinski definition) is 5. The van der Waals surface area contributed by atoms with Gasteiger partial charge in [0.15, 0.2) is 11.0 Å². The fourth-order valence-corrected chi connectivity index (χ4v) is 3.43. The van der Waals surface area contributed by atoms with Crippen molar-refractivity contribution in [3.05, 3.63) is 53.9 Å². The van der Waals surface area contributed by atoms with Crippen molar-refractivity contribution in [1.82, 2.24) is 19.7 Å². The second kappa shape index (κ2) is 7.70. The topological polar surface area (TPSA) is 72.7 Å². The Bertz CT molecular complexity index is 903. The second-order valence-corrected chi connectivity index (χ2v) is 7.43. The molecule has 0 aliphatic heterocycles. The fraction of sp³-hybridized carbons (Fsp3) is 0.263. The van der Waals surface area contributed by atoms with Crippen LogP contribution in [0.2, 0.25) is 0 Å². The van der Waals surface area contributed by atoms with Crippen LogP contribution in [-0.2, 0) is 11.8 Å². The van der Waals surface area contributed by atoms with Crippen LogP contribution in [0.3, 0.4) is 0 Å². The van der Waals surface area contributed by atoms with Crippen LogP contribution < -0.4 is 5.32 Å². The van der Waals surface area contributed by atoms with Crippen molar-refractivity contribution in [2.75, 3.05) is 5.32 Å². The Morgan fingerprint density at radius 3 is 2.42 bits per heavy atom. The molecule has 1 atom stereocenters. The summed E-state index contributed by atoms with van der Waals surface area (Å²) in [7, 11) is 1.90. The van der Waals surface area contributed by atoms with Crippen molar-refractivity contribution in [2.24, 2.45) is 7.05 Å². The number of rotatable bonds is 5. The normalized spacial score (nSPS) is 12.0. The van der Waals surface area contributed by atoms with Gasteiger partial charge in [0.2, 0.25) is 5.91 Å². The van der Waals surface area contributed by atoms with Crippen LogP contribution in [0.1, 0.15) is 18.1 Å². The van der Waals surface area contributed by atoms with Gasteiger partial charge in [0.25, 0.3) is 0 Å². The number of para-hydroxylation sites is 1. The van der Waals surface area contributed by atoms with E-state index in [-0.39, 0.29) is 11.2 Å². The average Bonchev–Trinajstić information content (AvgIpc) is 2.99. The van der Waals surface area contributed by atoms with Crippen LogP contribution in [0.25, 0.3) is 11.4 Å². The Morgan fingerprint density at radius 1 is 1.12 bits per heavy atom. The molecule has 3 rings (SSSR count). The predicted octanol–water partition coefficient (Wildman–Crippen LogP) is 3.61. The quantitative estimate of drug-likeness (QED) is 0.698. The highest BCUT2D eigenvalue weighted by molar-refractivity contribution is 8.00. The molecule has 1 amide bonds. The van der Waals surface area contributed by atoms with E-state index in [0.29, 0.717) is 5.16 Å². The fourth-order valence-electron chi connectivity index (χ4n) is 2.62. The van der Waals surface area contributed by atoms with Gasteiger partial charge in [0, 0.05) is 30.7 Å². The molecule has 2 heterocycles. The van der Waals surface area contributed by atoms with E-state index in [1.807, 2.05) is 62.7 Å². The van der Waals surface area contributed by atoms with Crippen LogP contribution in [0, 0.1) is 13.8 Å². The Morgan fingerprint density at radius 2 is 1.77 bits per heavy atom. The number of pyridine rings is 1. The van der Waals surface area contributed by atoms with Crippen molar-refractivity contribution >= 4 is 23.4 Å². The third-order valence-electron chi connectivity index (χ3n) is 4.15. The van der Waals surface area contributed by atoms with E-state index < -0.39 is 0 Å². The Hall–Kier alpha value is -2.67. The van der Waals surface area contributed by atoms with E-state index in [4.69, 9.17) is 0 Å². The van der Waals surface area contributed by atoms with Crippen LogP contribution in [0.15, 0.2) is 47.9 Å². The summed E-state index contributed by atoms with van der Waals surface area (Å²) in [5, 5.41) is 11.9. The second-order valence-electron chi connectivity index (χ2n) is 6.12. The smallest absolute Gasteiger partial charge is 0.237 e. The number of hydrogen-bond donors (Lipinski definition) is 1. The Balaban J connectivity index is 1.73. The van der Waals surface area contributed by atoms with Crippen molar-refractivity contribution in [3.63, 3.8) is 0 Å². The highest BCUT2D eigenvalue weighted by Gasteiger charge is 2.20. The average molecular weight is 367 g/mol. The molecule has 3 aromatic rings. The predicted molar refractivity (Wildman–Crippen MR) is 104 cm³/mol. The molecule has 26 heavy (non-hydrogen) atoms. The largest absolute Gasteiger partial charge is 0.325 e. The monoisotopic (exact) mass is 367 g/mol. The molecule has 0 bridgehead atoms. The molecule has 0 saturated carbocycles. The number of nitrogens with zero attached hydrogens (tertiary/aromatic N) is 4. The van der Waals surface area contributed by atoms with E-state index in [2.05, 4.69) is 20.5 Å². The van der Waals surface area contributed by atoms with E-state index in [1.54, 1.807) is 12.4 Å². The molecule has 6 nitrogen and oxygen atoms in total. The SMILES string of the molecule is Cc1cccc(C)c1NC(=O)[C@@H](C)Sc1nnc(-c2ccncc2)n1C. The minimum atomic E-state index is -0.304. The van der Waals surface area contributed by atoms with E-state index in [9.17, 15) is 4.79 Å². The number of aryl methyl sites for hydroxylation is 2. The van der Waals surface area contributed by atoms with Crippen molar-refractivity contribution in [3.8, 4) is 11.4 Å². The van der Waals surface area contributed by atoms with Gasteiger partial charge in [0.1, 0.15) is 0 Å². The van der Waals surface area contributed by atoms with Crippen molar-refractivity contribution < 1.29 is 4.79 Å². The molecule has 7 heteroatoms. The molecule has 1 aromatic carbocycles. The number of carbonyl (C=O) groups excluding carboxylic acids is 1. The van der Waals surface area contributed by atoms with E-state index in [0.717, 1.165) is 28.2 Å². The summed E-state index contributed by atoms with van der Waals surface area (Å²) < 4.78 is 1.89. The first-order valence-electron chi connectivity index (χ1n) is 8.31. The maximum atomic E-state index is 12.6. The number of anilines is 1. The molecule has 0 saturated heterocycles. The van der Waals surface area contributed by atoms with Crippen molar-refractivity contribution in [2.45, 2.75) is 31.2 Å². The summed E-state index contributed by atoms with van der Waals surface area (Å²) in [6.45, 7) is 5.85. The molecule has 0 spiro atoms. The zero-order valence-corrected chi connectivity index (χ0v) is 16.0. The van der Waals surface area contributed by atoms with Gasteiger partial charge in [-0.05, 0) is 44.0 Å². The molecule has 0 unspecified atom stereocenters. The highest BCUT2D eigenvalue weighted by Crippen LogP contribution is 2.27. The van der Waals surface area contributed by atoms with Crippen LogP contribution >= 0.6 is 11.8 Å². The van der Waals surface area contributed by atoms with Gasteiger partial charge in [-0.25, -0.2) is 0 Å². The lowest BCUT2D eigenvalue weighted by Crippen LogP contribution is -2.23. The zero-order chi connectivity index (χ0) is 18.7. The number of amides is 1. The molecule has 0 aliphatic carbocycles. The van der Waals surface area contributed by atoms with E-state index >= 15 is 0 Å². The summed E-state index contributed by atoms with van der Waals surface area (Å²) in [6.07, 6.45) is 3.44. The van der Waals surface area contributed by atoms with Gasteiger partial charge in [-0.15, -0.1) is 10.2 Å². The van der Waals surface area contributed by atoms with Crippen LogP contribution in [-0.4, -0.2) is 30.9 Å². The Labute approximate surface area is 157 Å². The first kappa shape index (κ1) is 18.1. The summed E-state index contributed by atoms with van der Waals surface area (Å²) in [6, 6.07) is 9.73. The minimum Gasteiger partial charge on any atom is -0.325 e. The number of aromatic nitrogens is 4. The van der Waals surface area contributed by atoms with Crippen LogP contribution in [0.5, 0.6) is 0 Å². The van der Waals surface area contributed by atoms with Gasteiger partial charge >= 0.3 is 0 Å². The number of nitrogens with one attached hydrogen (secondary N) is 1. The van der Waals surface area contributed by atoms with Gasteiger partial charge in [-0.2, -0.15) is 0 Å². The number of benzene rings is 1. The number of carbonyl (C=O) groups is 1. The molecular weight excluding hydrogens is 346 g/mol. The molecule has 2 aromatic heterocycles. The van der Waals surface area contributed by atoms with Gasteiger partial charge in [-0.1, -0.05) is 30.0 Å². The summed E-state index contributed by atoms with van der Waals surface area (Å²) in [4.78, 5) is 16.6.